The van der Waals surface area contributed by atoms with E-state index >= 15 is 0 Å². The first-order chi connectivity index (χ1) is 16.3. The van der Waals surface area contributed by atoms with Gasteiger partial charge in [-0.2, -0.15) is 0 Å². The highest BCUT2D eigenvalue weighted by molar-refractivity contribution is 6.36. The Kier molecular flexibility index (Phi) is 9.66. The Morgan fingerprint density at radius 3 is 2.35 bits per heavy atom. The van der Waals surface area contributed by atoms with Gasteiger partial charge in [0.05, 0.1) is 0 Å². The molecule has 0 heterocycles. The lowest BCUT2D eigenvalue weighted by atomic mass is 9.95. The Hall–Kier alpha value is -2.24. The highest BCUT2D eigenvalue weighted by Gasteiger charge is 2.31. The van der Waals surface area contributed by atoms with Crippen LogP contribution in [0, 0.1) is 13.8 Å². The van der Waals surface area contributed by atoms with Gasteiger partial charge in [0.15, 0.2) is 6.61 Å². The molecule has 1 aliphatic rings. The average molecular weight is 505 g/mol. The van der Waals surface area contributed by atoms with E-state index in [4.69, 9.17) is 27.9 Å². The summed E-state index contributed by atoms with van der Waals surface area (Å²) in [7, 11) is 0. The number of carbonyl (C=O) groups is 2. The molecule has 1 N–H and O–H groups in total. The van der Waals surface area contributed by atoms with E-state index < -0.39 is 6.04 Å². The second-order valence-corrected chi connectivity index (χ2v) is 9.84. The molecule has 1 saturated carbocycles. The summed E-state index contributed by atoms with van der Waals surface area (Å²) < 4.78 is 5.82. The fourth-order valence-corrected chi connectivity index (χ4v) is 4.87. The Bertz CT molecular complexity index is 985. The summed E-state index contributed by atoms with van der Waals surface area (Å²) in [5.41, 5.74) is 2.86. The highest BCUT2D eigenvalue weighted by atomic mass is 35.5. The van der Waals surface area contributed by atoms with Crippen molar-refractivity contribution in [2.75, 3.05) is 6.61 Å². The fourth-order valence-electron chi connectivity index (χ4n) is 4.35. The van der Waals surface area contributed by atoms with E-state index in [1.807, 2.05) is 39.0 Å². The number of halogens is 2. The largest absolute Gasteiger partial charge is 0.484 e. The number of amides is 2. The number of hydrogen-bond acceptors (Lipinski definition) is 3. The van der Waals surface area contributed by atoms with E-state index in [1.54, 1.807) is 23.1 Å². The molecule has 2 aromatic rings. The molecule has 5 nitrogen and oxygen atoms in total. The van der Waals surface area contributed by atoms with Gasteiger partial charge < -0.3 is 15.0 Å². The Morgan fingerprint density at radius 2 is 1.74 bits per heavy atom. The predicted octanol–water partition coefficient (Wildman–Crippen LogP) is 6.25. The fraction of sp³-hybridized carbons (Fsp3) is 0.481. The molecule has 0 aliphatic heterocycles. The van der Waals surface area contributed by atoms with E-state index in [2.05, 4.69) is 5.32 Å². The van der Waals surface area contributed by atoms with Crippen LogP contribution in [-0.2, 0) is 16.1 Å². The number of ether oxygens (including phenoxy) is 1. The van der Waals surface area contributed by atoms with Gasteiger partial charge in [-0.1, -0.05) is 61.5 Å². The molecular formula is C27H34Cl2N2O3. The predicted molar refractivity (Wildman–Crippen MR) is 138 cm³/mol. The number of aryl methyl sites for hydroxylation is 2. The maximum atomic E-state index is 13.4. The van der Waals surface area contributed by atoms with Crippen molar-refractivity contribution in [3.8, 4) is 5.75 Å². The number of nitrogens with one attached hydrogen (secondary N) is 1. The molecule has 1 atom stereocenters. The molecule has 0 aromatic heterocycles. The molecule has 3 rings (SSSR count). The van der Waals surface area contributed by atoms with Crippen molar-refractivity contribution >= 4 is 35.0 Å². The van der Waals surface area contributed by atoms with Crippen molar-refractivity contribution in [2.24, 2.45) is 0 Å². The topological polar surface area (TPSA) is 58.6 Å². The zero-order valence-electron chi connectivity index (χ0n) is 20.2. The van der Waals surface area contributed by atoms with E-state index in [1.165, 1.54) is 6.42 Å². The van der Waals surface area contributed by atoms with Crippen molar-refractivity contribution in [1.29, 1.82) is 0 Å². The second-order valence-electron chi connectivity index (χ2n) is 9.02. The molecule has 0 spiro atoms. The van der Waals surface area contributed by atoms with Gasteiger partial charge in [-0.15, -0.1) is 0 Å². The maximum Gasteiger partial charge on any atom is 0.261 e. The number of rotatable bonds is 9. The van der Waals surface area contributed by atoms with Crippen molar-refractivity contribution in [1.82, 2.24) is 10.2 Å². The van der Waals surface area contributed by atoms with Crippen LogP contribution >= 0.6 is 23.2 Å². The number of hydrogen-bond donors (Lipinski definition) is 1. The Balaban J connectivity index is 1.81. The molecule has 1 unspecified atom stereocenters. The Labute approximate surface area is 212 Å². The van der Waals surface area contributed by atoms with Gasteiger partial charge in [0, 0.05) is 28.2 Å². The average Bonchev–Trinajstić information content (AvgIpc) is 2.82. The van der Waals surface area contributed by atoms with Gasteiger partial charge in [-0.3, -0.25) is 9.59 Å². The van der Waals surface area contributed by atoms with Crippen molar-refractivity contribution in [2.45, 2.75) is 77.9 Å². The van der Waals surface area contributed by atoms with Gasteiger partial charge in [0.25, 0.3) is 5.91 Å². The van der Waals surface area contributed by atoms with E-state index in [9.17, 15) is 9.59 Å². The maximum absolute atomic E-state index is 13.4. The van der Waals surface area contributed by atoms with Gasteiger partial charge in [-0.25, -0.2) is 0 Å². The van der Waals surface area contributed by atoms with Crippen molar-refractivity contribution in [3.05, 3.63) is 63.1 Å². The first kappa shape index (κ1) is 26.4. The summed E-state index contributed by atoms with van der Waals surface area (Å²) in [6.45, 7) is 5.88. The molecule has 0 radical (unpaired) electrons. The smallest absolute Gasteiger partial charge is 0.261 e. The van der Waals surface area contributed by atoms with Gasteiger partial charge >= 0.3 is 0 Å². The number of nitrogens with zero attached hydrogens (tertiary/aromatic N) is 1. The highest BCUT2D eigenvalue weighted by Crippen LogP contribution is 2.27. The minimum atomic E-state index is -0.648. The SMILES string of the molecule is CCC(C(=O)NC1CCCCC1)N(Cc1c(Cl)cccc1Cl)C(=O)COc1ccc(C)c(C)c1. The van der Waals surface area contributed by atoms with Crippen LogP contribution in [0.15, 0.2) is 36.4 Å². The van der Waals surface area contributed by atoms with Crippen LogP contribution in [0.4, 0.5) is 0 Å². The molecule has 184 valence electrons. The van der Waals surface area contributed by atoms with Crippen molar-refractivity contribution < 1.29 is 14.3 Å². The molecule has 2 aromatic carbocycles. The normalized spacial score (nSPS) is 15.0. The molecule has 0 bridgehead atoms. The first-order valence-electron chi connectivity index (χ1n) is 12.0. The standard InChI is InChI=1S/C27H34Cl2N2O3/c1-4-25(27(33)30-20-9-6-5-7-10-20)31(16-22-23(28)11-8-12-24(22)29)26(32)17-34-21-14-13-18(2)19(3)15-21/h8,11-15,20,25H,4-7,9-10,16-17H2,1-3H3,(H,30,33). The van der Waals surface area contributed by atoms with Crippen molar-refractivity contribution in [3.63, 3.8) is 0 Å². The zero-order valence-corrected chi connectivity index (χ0v) is 21.7. The van der Waals surface area contributed by atoms with E-state index in [-0.39, 0.29) is 31.0 Å². The van der Waals surface area contributed by atoms with Crippen LogP contribution in [0.5, 0.6) is 5.75 Å². The molecule has 0 saturated heterocycles. The van der Waals surface area contributed by atoms with Gasteiger partial charge in [-0.05, 0) is 68.5 Å². The third-order valence-corrected chi connectivity index (χ3v) is 7.28. The summed E-state index contributed by atoms with van der Waals surface area (Å²) in [6, 6.07) is 10.5. The van der Waals surface area contributed by atoms with Crippen LogP contribution in [0.1, 0.15) is 62.1 Å². The molecule has 34 heavy (non-hydrogen) atoms. The van der Waals surface area contributed by atoms with Crippen LogP contribution < -0.4 is 10.1 Å². The minimum absolute atomic E-state index is 0.129. The zero-order chi connectivity index (χ0) is 24.7. The summed E-state index contributed by atoms with van der Waals surface area (Å²) in [5.74, 6) is 0.184. The lowest BCUT2D eigenvalue weighted by Gasteiger charge is -2.33. The quantitative estimate of drug-likeness (QED) is 0.439. The molecule has 1 fully saturated rings. The molecule has 7 heteroatoms. The molecule has 2 amide bonds. The first-order valence-corrected chi connectivity index (χ1v) is 12.8. The molecule has 1 aliphatic carbocycles. The third kappa shape index (κ3) is 6.89. The van der Waals surface area contributed by atoms with E-state index in [0.29, 0.717) is 27.8 Å². The van der Waals surface area contributed by atoms with Crippen LogP contribution in [0.25, 0.3) is 0 Å². The molecular weight excluding hydrogens is 471 g/mol. The monoisotopic (exact) mass is 504 g/mol. The van der Waals surface area contributed by atoms with Crippen LogP contribution in [-0.4, -0.2) is 35.4 Å². The summed E-state index contributed by atoms with van der Waals surface area (Å²) in [4.78, 5) is 28.3. The number of carbonyl (C=O) groups excluding carboxylic acids is 2. The van der Waals surface area contributed by atoms with Crippen LogP contribution in [0.2, 0.25) is 10.0 Å². The van der Waals surface area contributed by atoms with Gasteiger partial charge in [0.2, 0.25) is 5.91 Å². The second kappa shape index (κ2) is 12.5. The summed E-state index contributed by atoms with van der Waals surface area (Å²) in [5, 5.41) is 4.09. The summed E-state index contributed by atoms with van der Waals surface area (Å²) >= 11 is 12.8. The lowest BCUT2D eigenvalue weighted by Crippen LogP contribution is -2.52. The third-order valence-electron chi connectivity index (χ3n) is 6.57. The summed E-state index contributed by atoms with van der Waals surface area (Å²) in [6.07, 6.45) is 5.85. The van der Waals surface area contributed by atoms with Gasteiger partial charge in [0.1, 0.15) is 11.8 Å². The van der Waals surface area contributed by atoms with Crippen LogP contribution in [0.3, 0.4) is 0 Å². The minimum Gasteiger partial charge on any atom is -0.484 e. The van der Waals surface area contributed by atoms with E-state index in [0.717, 1.165) is 36.8 Å². The number of benzene rings is 2. The Morgan fingerprint density at radius 1 is 1.06 bits per heavy atom. The lowest BCUT2D eigenvalue weighted by molar-refractivity contribution is -0.143.